The molecule has 0 aromatic rings. The number of phosphoric acid groups is 1. The molecule has 12 heteroatoms. The summed E-state index contributed by atoms with van der Waals surface area (Å²) < 4.78 is 39.6. The molecule has 0 spiro atoms. The van der Waals surface area contributed by atoms with Crippen molar-refractivity contribution in [3.63, 3.8) is 0 Å². The van der Waals surface area contributed by atoms with Gasteiger partial charge in [-0.25, -0.2) is 4.57 Å². The molecule has 0 aromatic carbocycles. The third-order valence-electron chi connectivity index (χ3n) is 13.3. The molecule has 450 valence electrons. The van der Waals surface area contributed by atoms with Crippen molar-refractivity contribution >= 4 is 25.7 Å². The van der Waals surface area contributed by atoms with Gasteiger partial charge in [-0.3, -0.25) is 23.4 Å². The van der Waals surface area contributed by atoms with Crippen molar-refractivity contribution in [2.45, 2.75) is 290 Å². The predicted molar refractivity (Wildman–Crippen MR) is 325 cm³/mol. The largest absolute Gasteiger partial charge is 0.472 e. The van der Waals surface area contributed by atoms with Crippen LogP contribution in [0.5, 0.6) is 0 Å². The molecule has 0 radical (unpaired) electrons. The Balaban J connectivity index is 4.73. The molecular weight excluding hydrogens is 1000 g/mol. The van der Waals surface area contributed by atoms with Gasteiger partial charge in [0.05, 0.1) is 19.8 Å². The van der Waals surface area contributed by atoms with E-state index in [1.807, 2.05) is 0 Å². The Hall–Kier alpha value is -3.34. The Labute approximate surface area is 477 Å². The van der Waals surface area contributed by atoms with Crippen LogP contribution in [0.1, 0.15) is 278 Å². The van der Waals surface area contributed by atoms with Crippen LogP contribution in [0.25, 0.3) is 0 Å². The van der Waals surface area contributed by atoms with E-state index in [1.54, 1.807) is 0 Å². The van der Waals surface area contributed by atoms with Crippen LogP contribution in [0.15, 0.2) is 85.1 Å². The van der Waals surface area contributed by atoms with Crippen molar-refractivity contribution in [1.82, 2.24) is 0 Å². The summed E-state index contributed by atoms with van der Waals surface area (Å²) in [6.07, 6.45) is 69.6. The van der Waals surface area contributed by atoms with E-state index in [9.17, 15) is 28.9 Å². The van der Waals surface area contributed by atoms with Crippen molar-refractivity contribution in [2.24, 2.45) is 0 Å². The van der Waals surface area contributed by atoms with Gasteiger partial charge in [0.2, 0.25) is 0 Å². The first kappa shape index (κ1) is 74.7. The summed E-state index contributed by atoms with van der Waals surface area (Å²) in [6.45, 7) is 4.42. The van der Waals surface area contributed by atoms with Crippen molar-refractivity contribution in [2.75, 3.05) is 26.4 Å². The van der Waals surface area contributed by atoms with E-state index >= 15 is 0 Å². The van der Waals surface area contributed by atoms with Crippen LogP contribution in [-0.4, -0.2) is 66.5 Å². The normalized spacial score (nSPS) is 13.9. The molecule has 3 unspecified atom stereocenters. The SMILES string of the molecule is CC/C=C\C/C=C\C/C=C\CCCCCCCCCC(=O)OCC(COP(=O)(O)OCC(CO)OC(=O)CCCCCCC/C=C\C/C=C\C/C=C\CC)OC(=O)CCCCCCCCCCC/C=C\CCCCCCCC. The highest BCUT2D eigenvalue weighted by Crippen LogP contribution is 2.43. The highest BCUT2D eigenvalue weighted by molar-refractivity contribution is 7.47. The molecule has 0 saturated carbocycles. The number of hydrogen-bond acceptors (Lipinski definition) is 10. The number of carbonyl (C=O) groups excluding carboxylic acids is 3. The molecule has 0 aliphatic rings. The third kappa shape index (κ3) is 57.3. The Kier molecular flexibility index (Phi) is 57.2. The van der Waals surface area contributed by atoms with Gasteiger partial charge in [0.25, 0.3) is 0 Å². The summed E-state index contributed by atoms with van der Waals surface area (Å²) in [6, 6.07) is 0. The summed E-state index contributed by atoms with van der Waals surface area (Å²) >= 11 is 0. The number of phosphoric ester groups is 1. The van der Waals surface area contributed by atoms with Crippen molar-refractivity contribution in [1.29, 1.82) is 0 Å². The highest BCUT2D eigenvalue weighted by Gasteiger charge is 2.28. The standard InChI is InChI=1S/C66H115O11P/c1-4-7-10-13-16-19-22-25-28-30-31-33-36-39-42-45-48-51-54-57-66(70)77-63(59-73-64(68)55-52-49-46-43-40-37-35-32-29-26-23-20-17-14-11-8-5-2)61-75-78(71,72)74-60-62(58-67)76-65(69)56-53-50-47-44-41-38-34-27-24-21-18-15-12-9-6-3/h8-9,11-12,17-18,20-21,25-29,34,62-63,67H,4-7,10,13-16,19,22-24,30-33,35-61H2,1-3H3,(H,71,72)/b11-8-,12-9-,20-17-,21-18-,28-25-,29-26-,34-27-. The second-order valence-corrected chi connectivity index (χ2v) is 22.3. The average molecular weight is 1120 g/mol. The molecule has 0 heterocycles. The van der Waals surface area contributed by atoms with Crippen molar-refractivity contribution in [3.05, 3.63) is 85.1 Å². The zero-order valence-corrected chi connectivity index (χ0v) is 50.8. The molecule has 0 amide bonds. The number of aliphatic hydroxyl groups excluding tert-OH is 1. The number of rotatable bonds is 58. The molecule has 0 aliphatic heterocycles. The quantitative estimate of drug-likeness (QED) is 0.0197. The molecule has 0 fully saturated rings. The van der Waals surface area contributed by atoms with Gasteiger partial charge in [0, 0.05) is 19.3 Å². The minimum absolute atomic E-state index is 0.155. The number of esters is 3. The van der Waals surface area contributed by atoms with Gasteiger partial charge in [-0.05, 0) is 109 Å². The predicted octanol–water partition coefficient (Wildman–Crippen LogP) is 19.0. The number of ether oxygens (including phenoxy) is 3. The van der Waals surface area contributed by atoms with Crippen LogP contribution in [0, 0.1) is 0 Å². The summed E-state index contributed by atoms with van der Waals surface area (Å²) in [5.74, 6) is -1.49. The zero-order chi connectivity index (χ0) is 56.9. The smallest absolute Gasteiger partial charge is 0.462 e. The lowest BCUT2D eigenvalue weighted by Gasteiger charge is -2.21. The van der Waals surface area contributed by atoms with E-state index in [4.69, 9.17) is 23.3 Å². The molecule has 78 heavy (non-hydrogen) atoms. The van der Waals surface area contributed by atoms with E-state index in [1.165, 1.54) is 96.3 Å². The van der Waals surface area contributed by atoms with Gasteiger partial charge >= 0.3 is 25.7 Å². The van der Waals surface area contributed by atoms with Crippen LogP contribution in [-0.2, 0) is 42.2 Å². The molecule has 0 rings (SSSR count). The number of hydrogen-bond donors (Lipinski definition) is 2. The lowest BCUT2D eigenvalue weighted by atomic mass is 10.1. The summed E-state index contributed by atoms with van der Waals surface area (Å²) in [5, 5.41) is 9.84. The van der Waals surface area contributed by atoms with Gasteiger partial charge in [0.15, 0.2) is 6.10 Å². The lowest BCUT2D eigenvalue weighted by molar-refractivity contribution is -0.161. The topological polar surface area (TPSA) is 155 Å². The zero-order valence-electron chi connectivity index (χ0n) is 49.9. The molecule has 0 bridgehead atoms. The van der Waals surface area contributed by atoms with Gasteiger partial charge in [-0.2, -0.15) is 0 Å². The molecule has 2 N–H and O–H groups in total. The Morgan fingerprint density at radius 3 is 1.04 bits per heavy atom. The molecule has 11 nitrogen and oxygen atoms in total. The first-order chi connectivity index (χ1) is 38.2. The maximum atomic E-state index is 13.0. The summed E-state index contributed by atoms with van der Waals surface area (Å²) in [4.78, 5) is 48.7. The number of unbranched alkanes of at least 4 members (excludes halogenated alkanes) is 27. The van der Waals surface area contributed by atoms with Crippen molar-refractivity contribution in [3.8, 4) is 0 Å². The second kappa shape index (κ2) is 59.8. The van der Waals surface area contributed by atoms with E-state index in [2.05, 4.69) is 106 Å². The monoisotopic (exact) mass is 1110 g/mol. The summed E-state index contributed by atoms with van der Waals surface area (Å²) in [7, 11) is -4.76. The lowest BCUT2D eigenvalue weighted by Crippen LogP contribution is -2.30. The fourth-order valence-corrected chi connectivity index (χ4v) is 9.34. The van der Waals surface area contributed by atoms with Crippen LogP contribution in [0.3, 0.4) is 0 Å². The van der Waals surface area contributed by atoms with Gasteiger partial charge in [-0.15, -0.1) is 0 Å². The van der Waals surface area contributed by atoms with E-state index < -0.39 is 57.8 Å². The third-order valence-corrected chi connectivity index (χ3v) is 14.2. The van der Waals surface area contributed by atoms with E-state index in [0.717, 1.165) is 122 Å². The minimum atomic E-state index is -4.76. The number of allylic oxidation sites excluding steroid dienone is 14. The highest BCUT2D eigenvalue weighted by atomic mass is 31.2. The van der Waals surface area contributed by atoms with Crippen LogP contribution in [0.4, 0.5) is 0 Å². The molecule has 3 atom stereocenters. The number of carbonyl (C=O) groups is 3. The Bertz CT molecular complexity index is 1630. The maximum absolute atomic E-state index is 13.0. The fraction of sp³-hybridized carbons (Fsp3) is 0.742. The first-order valence-corrected chi connectivity index (χ1v) is 33.0. The molecule has 0 saturated heterocycles. The molecule has 0 aliphatic carbocycles. The minimum Gasteiger partial charge on any atom is -0.462 e. The van der Waals surface area contributed by atoms with Gasteiger partial charge in [-0.1, -0.05) is 234 Å². The molecular formula is C66H115O11P. The van der Waals surface area contributed by atoms with E-state index in [-0.39, 0.29) is 25.9 Å². The second-order valence-electron chi connectivity index (χ2n) is 20.8. The molecule has 0 aromatic heterocycles. The summed E-state index contributed by atoms with van der Waals surface area (Å²) in [5.41, 5.74) is 0. The van der Waals surface area contributed by atoms with Crippen molar-refractivity contribution < 1.29 is 52.2 Å². The maximum Gasteiger partial charge on any atom is 0.472 e. The van der Waals surface area contributed by atoms with Gasteiger partial charge < -0.3 is 24.2 Å². The van der Waals surface area contributed by atoms with Gasteiger partial charge in [0.1, 0.15) is 12.7 Å². The van der Waals surface area contributed by atoms with Crippen LogP contribution >= 0.6 is 7.82 Å². The van der Waals surface area contributed by atoms with E-state index in [0.29, 0.717) is 19.3 Å². The van der Waals surface area contributed by atoms with Crippen LogP contribution < -0.4 is 0 Å². The Morgan fingerprint density at radius 1 is 0.372 bits per heavy atom. The Morgan fingerprint density at radius 2 is 0.667 bits per heavy atom. The first-order valence-electron chi connectivity index (χ1n) is 31.5. The average Bonchev–Trinajstić information content (AvgIpc) is 3.43. The number of aliphatic hydroxyl groups is 1. The van der Waals surface area contributed by atoms with Crippen LogP contribution in [0.2, 0.25) is 0 Å². The fourth-order valence-electron chi connectivity index (χ4n) is 8.56.